The van der Waals surface area contributed by atoms with Crippen molar-refractivity contribution in [2.75, 3.05) is 5.32 Å². The zero-order valence-corrected chi connectivity index (χ0v) is 11.6. The van der Waals surface area contributed by atoms with Crippen LogP contribution in [-0.4, -0.2) is 11.8 Å². The summed E-state index contributed by atoms with van der Waals surface area (Å²) in [5.74, 6) is 0.393. The minimum absolute atomic E-state index is 0.115. The first kappa shape index (κ1) is 14.6. The molecule has 1 aromatic heterocycles. The van der Waals surface area contributed by atoms with E-state index in [9.17, 15) is 9.59 Å². The predicted molar refractivity (Wildman–Crippen MR) is 80.3 cm³/mol. The van der Waals surface area contributed by atoms with Crippen molar-refractivity contribution in [1.29, 1.82) is 0 Å². The van der Waals surface area contributed by atoms with E-state index < -0.39 is 0 Å². The molecule has 0 aliphatic rings. The normalized spacial score (nSPS) is 10.5. The van der Waals surface area contributed by atoms with Crippen molar-refractivity contribution in [2.45, 2.75) is 13.5 Å². The lowest BCUT2D eigenvalue weighted by atomic mass is 10.2. The summed E-state index contributed by atoms with van der Waals surface area (Å²) < 4.78 is 5.12. The van der Waals surface area contributed by atoms with Crippen LogP contribution in [0.1, 0.15) is 18.2 Å². The van der Waals surface area contributed by atoms with Crippen LogP contribution < -0.4 is 10.6 Å². The average molecular weight is 284 g/mol. The Morgan fingerprint density at radius 3 is 2.57 bits per heavy atom. The van der Waals surface area contributed by atoms with Crippen molar-refractivity contribution >= 4 is 23.6 Å². The molecule has 0 saturated heterocycles. The molecule has 0 radical (unpaired) electrons. The molecule has 1 heterocycles. The van der Waals surface area contributed by atoms with Crippen LogP contribution in [0.15, 0.2) is 53.2 Å². The summed E-state index contributed by atoms with van der Waals surface area (Å²) >= 11 is 0. The van der Waals surface area contributed by atoms with Crippen LogP contribution >= 0.6 is 0 Å². The summed E-state index contributed by atoms with van der Waals surface area (Å²) in [4.78, 5) is 22.5. The van der Waals surface area contributed by atoms with Gasteiger partial charge in [-0.05, 0) is 35.9 Å². The fraction of sp³-hybridized carbons (Fsp3) is 0.125. The molecule has 5 heteroatoms. The summed E-state index contributed by atoms with van der Waals surface area (Å²) in [6.45, 7) is 1.81. The van der Waals surface area contributed by atoms with Crippen LogP contribution in [-0.2, 0) is 16.1 Å². The summed E-state index contributed by atoms with van der Waals surface area (Å²) in [5, 5.41) is 5.40. The molecule has 0 aliphatic carbocycles. The highest BCUT2D eigenvalue weighted by Gasteiger charge is 1.99. The molecule has 108 valence electrons. The van der Waals surface area contributed by atoms with Crippen molar-refractivity contribution in [3.05, 3.63) is 60.1 Å². The van der Waals surface area contributed by atoms with E-state index in [1.165, 1.54) is 13.0 Å². The number of anilines is 1. The third kappa shape index (κ3) is 4.99. The van der Waals surface area contributed by atoms with Gasteiger partial charge in [-0.3, -0.25) is 9.59 Å². The van der Waals surface area contributed by atoms with Gasteiger partial charge in [-0.25, -0.2) is 0 Å². The molecule has 0 bridgehead atoms. The SMILES string of the molecule is CC(=O)Nc1ccc(/C=C/C(=O)NCc2ccco2)cc1. The van der Waals surface area contributed by atoms with Crippen molar-refractivity contribution in [3.8, 4) is 0 Å². The Balaban J connectivity index is 1.85. The second-order valence-corrected chi connectivity index (χ2v) is 4.43. The first-order valence-electron chi connectivity index (χ1n) is 6.49. The highest BCUT2D eigenvalue weighted by Crippen LogP contribution is 2.10. The van der Waals surface area contributed by atoms with E-state index in [4.69, 9.17) is 4.42 Å². The van der Waals surface area contributed by atoms with Gasteiger partial charge in [-0.1, -0.05) is 12.1 Å². The average Bonchev–Trinajstić information content (AvgIpc) is 2.97. The Bertz CT molecular complexity index is 628. The minimum atomic E-state index is -0.197. The molecule has 2 rings (SSSR count). The lowest BCUT2D eigenvalue weighted by Crippen LogP contribution is -2.19. The van der Waals surface area contributed by atoms with E-state index in [0.717, 1.165) is 11.3 Å². The third-order valence-corrected chi connectivity index (χ3v) is 2.68. The monoisotopic (exact) mass is 284 g/mol. The van der Waals surface area contributed by atoms with Gasteiger partial charge in [0.1, 0.15) is 5.76 Å². The van der Waals surface area contributed by atoms with Crippen LogP contribution in [0.25, 0.3) is 6.08 Å². The summed E-state index contributed by atoms with van der Waals surface area (Å²) in [7, 11) is 0. The topological polar surface area (TPSA) is 71.3 Å². The van der Waals surface area contributed by atoms with Crippen LogP contribution in [0.4, 0.5) is 5.69 Å². The number of amides is 2. The fourth-order valence-electron chi connectivity index (χ4n) is 1.70. The molecular weight excluding hydrogens is 268 g/mol. The number of nitrogens with one attached hydrogen (secondary N) is 2. The van der Waals surface area contributed by atoms with E-state index >= 15 is 0 Å². The molecule has 0 spiro atoms. The molecule has 1 aromatic carbocycles. The van der Waals surface area contributed by atoms with Crippen LogP contribution in [0.5, 0.6) is 0 Å². The zero-order valence-electron chi connectivity index (χ0n) is 11.6. The van der Waals surface area contributed by atoms with Crippen LogP contribution in [0.3, 0.4) is 0 Å². The molecule has 0 fully saturated rings. The largest absolute Gasteiger partial charge is 0.467 e. The molecule has 0 unspecified atom stereocenters. The van der Waals surface area contributed by atoms with Crippen molar-refractivity contribution in [3.63, 3.8) is 0 Å². The Hall–Kier alpha value is -2.82. The van der Waals surface area contributed by atoms with Gasteiger partial charge in [0.25, 0.3) is 0 Å². The number of furan rings is 1. The Kier molecular flexibility index (Phi) is 4.93. The molecule has 0 aliphatic heterocycles. The zero-order chi connectivity index (χ0) is 15.1. The van der Waals surface area contributed by atoms with E-state index in [0.29, 0.717) is 12.3 Å². The highest BCUT2D eigenvalue weighted by atomic mass is 16.3. The molecule has 0 atom stereocenters. The number of carbonyl (C=O) groups excluding carboxylic acids is 2. The van der Waals surface area contributed by atoms with Gasteiger partial charge in [0.15, 0.2) is 0 Å². The van der Waals surface area contributed by atoms with Crippen molar-refractivity contribution < 1.29 is 14.0 Å². The minimum Gasteiger partial charge on any atom is -0.467 e. The van der Waals surface area contributed by atoms with Gasteiger partial charge >= 0.3 is 0 Å². The van der Waals surface area contributed by atoms with Gasteiger partial charge in [0.2, 0.25) is 11.8 Å². The lowest BCUT2D eigenvalue weighted by molar-refractivity contribution is -0.116. The predicted octanol–water partition coefficient (Wildman–Crippen LogP) is 2.57. The first-order chi connectivity index (χ1) is 10.1. The number of benzene rings is 1. The smallest absolute Gasteiger partial charge is 0.244 e. The third-order valence-electron chi connectivity index (χ3n) is 2.68. The number of carbonyl (C=O) groups is 2. The van der Waals surface area contributed by atoms with Crippen LogP contribution in [0.2, 0.25) is 0 Å². The summed E-state index contributed by atoms with van der Waals surface area (Å²) in [5.41, 5.74) is 1.60. The van der Waals surface area contributed by atoms with E-state index in [1.54, 1.807) is 36.6 Å². The summed E-state index contributed by atoms with van der Waals surface area (Å²) in [6.07, 6.45) is 4.72. The molecule has 2 N–H and O–H groups in total. The number of hydrogen-bond donors (Lipinski definition) is 2. The number of hydrogen-bond acceptors (Lipinski definition) is 3. The Morgan fingerprint density at radius 1 is 1.19 bits per heavy atom. The molecular formula is C16H16N2O3. The quantitative estimate of drug-likeness (QED) is 0.829. The second kappa shape index (κ2) is 7.09. The number of rotatable bonds is 5. The first-order valence-corrected chi connectivity index (χ1v) is 6.49. The fourth-order valence-corrected chi connectivity index (χ4v) is 1.70. The molecule has 5 nitrogen and oxygen atoms in total. The van der Waals surface area contributed by atoms with Gasteiger partial charge < -0.3 is 15.1 Å². The summed E-state index contributed by atoms with van der Waals surface area (Å²) in [6, 6.07) is 10.8. The molecule has 21 heavy (non-hydrogen) atoms. The maximum absolute atomic E-state index is 11.6. The van der Waals surface area contributed by atoms with E-state index in [2.05, 4.69) is 10.6 Å². The standard InChI is InChI=1S/C16H16N2O3/c1-12(19)18-14-7-4-13(5-8-14)6-9-16(20)17-11-15-3-2-10-21-15/h2-10H,11H2,1H3,(H,17,20)(H,18,19)/b9-6+. The van der Waals surface area contributed by atoms with Gasteiger partial charge in [-0.15, -0.1) is 0 Å². The van der Waals surface area contributed by atoms with Crippen molar-refractivity contribution in [1.82, 2.24) is 5.32 Å². The molecule has 0 saturated carbocycles. The van der Waals surface area contributed by atoms with Crippen LogP contribution in [0, 0.1) is 0 Å². The lowest BCUT2D eigenvalue weighted by Gasteiger charge is -2.02. The maximum atomic E-state index is 11.6. The van der Waals surface area contributed by atoms with Gasteiger partial charge in [0, 0.05) is 18.7 Å². The maximum Gasteiger partial charge on any atom is 0.244 e. The highest BCUT2D eigenvalue weighted by molar-refractivity contribution is 5.92. The van der Waals surface area contributed by atoms with Crippen molar-refractivity contribution in [2.24, 2.45) is 0 Å². The molecule has 2 amide bonds. The van der Waals surface area contributed by atoms with E-state index in [-0.39, 0.29) is 11.8 Å². The van der Waals surface area contributed by atoms with Gasteiger partial charge in [0.05, 0.1) is 12.8 Å². The second-order valence-electron chi connectivity index (χ2n) is 4.43. The Labute approximate surface area is 122 Å². The molecule has 2 aromatic rings. The Morgan fingerprint density at radius 2 is 1.95 bits per heavy atom. The van der Waals surface area contributed by atoms with Gasteiger partial charge in [-0.2, -0.15) is 0 Å². The van der Waals surface area contributed by atoms with E-state index in [1.807, 2.05) is 12.1 Å².